The van der Waals surface area contributed by atoms with Gasteiger partial charge in [0.2, 0.25) is 5.78 Å². The molecule has 0 radical (unpaired) electrons. The number of Topliss-reactive ketones (excluding diaryl/α,β-unsaturated/α-hetero) is 1. The van der Waals surface area contributed by atoms with Gasteiger partial charge in [0, 0.05) is 44.0 Å². The molecule has 3 rings (SSSR count). The van der Waals surface area contributed by atoms with E-state index in [1.54, 1.807) is 28.9 Å². The van der Waals surface area contributed by atoms with Crippen molar-refractivity contribution in [3.8, 4) is 5.75 Å². The van der Waals surface area contributed by atoms with Crippen LogP contribution in [0, 0.1) is 5.92 Å². The van der Waals surface area contributed by atoms with Crippen LogP contribution >= 0.6 is 0 Å². The van der Waals surface area contributed by atoms with Gasteiger partial charge in [-0.3, -0.25) is 9.59 Å². The van der Waals surface area contributed by atoms with Crippen LogP contribution in [0.5, 0.6) is 5.75 Å². The molecule has 1 aromatic heterocycles. The Labute approximate surface area is 149 Å². The molecule has 6 nitrogen and oxygen atoms in total. The predicted octanol–water partition coefficient (Wildman–Crippen LogP) is 2.76. The molecular formula is C18H19F2N3O3. The number of piperidine rings is 1. The number of alkyl halides is 2. The van der Waals surface area contributed by atoms with Gasteiger partial charge in [-0.15, -0.1) is 0 Å². The van der Waals surface area contributed by atoms with Gasteiger partial charge in [0.25, 0.3) is 5.91 Å². The smallest absolute Gasteiger partial charge is 0.387 e. The van der Waals surface area contributed by atoms with Gasteiger partial charge in [0.05, 0.1) is 0 Å². The van der Waals surface area contributed by atoms with Crippen molar-refractivity contribution in [2.45, 2.75) is 19.5 Å². The number of rotatable bonds is 5. The van der Waals surface area contributed by atoms with Crippen molar-refractivity contribution < 1.29 is 23.1 Å². The SMILES string of the molecule is Cn1ccnc1C(=O)C1CCCN(C(=O)c2ccc(OC(F)F)cc2)C1. The lowest BCUT2D eigenvalue weighted by Crippen LogP contribution is -2.42. The van der Waals surface area contributed by atoms with Crippen LogP contribution in [0.3, 0.4) is 0 Å². The molecule has 1 aromatic carbocycles. The van der Waals surface area contributed by atoms with Gasteiger partial charge in [-0.05, 0) is 37.1 Å². The Morgan fingerprint density at radius 3 is 2.62 bits per heavy atom. The minimum atomic E-state index is -2.91. The zero-order valence-electron chi connectivity index (χ0n) is 14.3. The molecule has 1 saturated heterocycles. The number of halogens is 2. The third-order valence-electron chi connectivity index (χ3n) is 4.45. The lowest BCUT2D eigenvalue weighted by atomic mass is 9.93. The second-order valence-electron chi connectivity index (χ2n) is 6.22. The molecule has 1 atom stereocenters. The van der Waals surface area contributed by atoms with E-state index in [1.807, 2.05) is 0 Å². The Morgan fingerprint density at radius 2 is 2.00 bits per heavy atom. The largest absolute Gasteiger partial charge is 0.435 e. The molecule has 1 aliphatic heterocycles. The van der Waals surface area contributed by atoms with E-state index in [0.29, 0.717) is 30.9 Å². The fourth-order valence-electron chi connectivity index (χ4n) is 3.12. The number of nitrogens with zero attached hydrogens (tertiary/aromatic N) is 3. The first-order valence-corrected chi connectivity index (χ1v) is 8.31. The summed E-state index contributed by atoms with van der Waals surface area (Å²) in [5, 5.41) is 0. The second-order valence-corrected chi connectivity index (χ2v) is 6.22. The van der Waals surface area contributed by atoms with Crippen LogP contribution in [0.25, 0.3) is 0 Å². The number of ether oxygens (including phenoxy) is 1. The maximum absolute atomic E-state index is 12.7. The van der Waals surface area contributed by atoms with E-state index in [0.717, 1.165) is 6.42 Å². The van der Waals surface area contributed by atoms with Crippen LogP contribution in [-0.2, 0) is 7.05 Å². The number of carbonyl (C=O) groups is 2. The van der Waals surface area contributed by atoms with E-state index in [1.165, 1.54) is 24.3 Å². The molecule has 1 fully saturated rings. The van der Waals surface area contributed by atoms with Crippen molar-refractivity contribution in [1.82, 2.24) is 14.5 Å². The molecule has 0 spiro atoms. The Balaban J connectivity index is 1.68. The normalized spacial score (nSPS) is 17.4. The molecule has 2 heterocycles. The average molecular weight is 363 g/mol. The number of hydrogen-bond donors (Lipinski definition) is 0. The lowest BCUT2D eigenvalue weighted by molar-refractivity contribution is -0.0498. The number of aryl methyl sites for hydroxylation is 1. The van der Waals surface area contributed by atoms with E-state index in [-0.39, 0.29) is 23.4 Å². The summed E-state index contributed by atoms with van der Waals surface area (Å²) in [6, 6.07) is 5.56. The van der Waals surface area contributed by atoms with Crippen LogP contribution in [0.1, 0.15) is 33.8 Å². The van der Waals surface area contributed by atoms with Gasteiger partial charge in [-0.25, -0.2) is 4.98 Å². The summed E-state index contributed by atoms with van der Waals surface area (Å²) < 4.78 is 30.4. The minimum absolute atomic E-state index is 0.00182. The molecule has 138 valence electrons. The Morgan fingerprint density at radius 1 is 1.27 bits per heavy atom. The van der Waals surface area contributed by atoms with Crippen molar-refractivity contribution in [2.75, 3.05) is 13.1 Å². The van der Waals surface area contributed by atoms with Gasteiger partial charge in [-0.2, -0.15) is 8.78 Å². The standard InChI is InChI=1S/C18H19F2N3O3/c1-22-10-8-21-16(22)15(24)13-3-2-9-23(11-13)17(25)12-4-6-14(7-5-12)26-18(19)20/h4-8,10,13,18H,2-3,9,11H2,1H3. The van der Waals surface area contributed by atoms with Gasteiger partial charge in [0.15, 0.2) is 5.82 Å². The summed E-state index contributed by atoms with van der Waals surface area (Å²) in [5.41, 5.74) is 0.372. The third kappa shape index (κ3) is 3.89. The Hall–Kier alpha value is -2.77. The molecule has 0 bridgehead atoms. The molecule has 0 saturated carbocycles. The Kier molecular flexibility index (Phi) is 5.29. The highest BCUT2D eigenvalue weighted by Gasteiger charge is 2.31. The van der Waals surface area contributed by atoms with Crippen LogP contribution in [0.2, 0.25) is 0 Å². The number of aromatic nitrogens is 2. The molecule has 2 aromatic rings. The summed E-state index contributed by atoms with van der Waals surface area (Å²) in [4.78, 5) is 31.0. The highest BCUT2D eigenvalue weighted by atomic mass is 19.3. The zero-order chi connectivity index (χ0) is 18.7. The average Bonchev–Trinajstić information content (AvgIpc) is 3.06. The monoisotopic (exact) mass is 363 g/mol. The maximum Gasteiger partial charge on any atom is 0.387 e. The molecule has 1 unspecified atom stereocenters. The lowest BCUT2D eigenvalue weighted by Gasteiger charge is -2.32. The molecule has 26 heavy (non-hydrogen) atoms. The first-order chi connectivity index (χ1) is 12.5. The summed E-state index contributed by atoms with van der Waals surface area (Å²) in [6.45, 7) is -2.03. The molecule has 8 heteroatoms. The van der Waals surface area contributed by atoms with E-state index in [2.05, 4.69) is 9.72 Å². The van der Waals surface area contributed by atoms with Crippen molar-refractivity contribution in [3.63, 3.8) is 0 Å². The number of amides is 1. The first-order valence-electron chi connectivity index (χ1n) is 8.31. The van der Waals surface area contributed by atoms with Crippen LogP contribution in [0.4, 0.5) is 8.78 Å². The van der Waals surface area contributed by atoms with E-state index >= 15 is 0 Å². The number of carbonyl (C=O) groups excluding carboxylic acids is 2. The number of benzene rings is 1. The van der Waals surface area contributed by atoms with Crippen molar-refractivity contribution in [3.05, 3.63) is 48.0 Å². The number of imidazole rings is 1. The van der Waals surface area contributed by atoms with Gasteiger partial charge in [0.1, 0.15) is 5.75 Å². The predicted molar refractivity (Wildman–Crippen MR) is 89.2 cm³/mol. The topological polar surface area (TPSA) is 64.4 Å². The summed E-state index contributed by atoms with van der Waals surface area (Å²) in [6.07, 6.45) is 4.71. The summed E-state index contributed by atoms with van der Waals surface area (Å²) >= 11 is 0. The molecule has 1 aliphatic rings. The van der Waals surface area contributed by atoms with E-state index in [9.17, 15) is 18.4 Å². The third-order valence-corrected chi connectivity index (χ3v) is 4.45. The van der Waals surface area contributed by atoms with E-state index < -0.39 is 6.61 Å². The number of likely N-dealkylation sites (tertiary alicyclic amines) is 1. The number of ketones is 1. The minimum Gasteiger partial charge on any atom is -0.435 e. The molecule has 0 N–H and O–H groups in total. The van der Waals surface area contributed by atoms with Gasteiger partial charge < -0.3 is 14.2 Å². The first kappa shape index (κ1) is 18.0. The highest BCUT2D eigenvalue weighted by molar-refractivity contribution is 5.97. The van der Waals surface area contributed by atoms with Crippen molar-refractivity contribution in [1.29, 1.82) is 0 Å². The fraction of sp³-hybridized carbons (Fsp3) is 0.389. The van der Waals surface area contributed by atoms with Crippen molar-refractivity contribution in [2.24, 2.45) is 13.0 Å². The van der Waals surface area contributed by atoms with Crippen molar-refractivity contribution >= 4 is 11.7 Å². The maximum atomic E-state index is 12.7. The summed E-state index contributed by atoms with van der Waals surface area (Å²) in [7, 11) is 1.76. The molecule has 1 amide bonds. The van der Waals surface area contributed by atoms with Gasteiger partial charge >= 0.3 is 6.61 Å². The number of hydrogen-bond acceptors (Lipinski definition) is 4. The zero-order valence-corrected chi connectivity index (χ0v) is 14.3. The quantitative estimate of drug-likeness (QED) is 0.767. The highest BCUT2D eigenvalue weighted by Crippen LogP contribution is 2.23. The van der Waals surface area contributed by atoms with Gasteiger partial charge in [-0.1, -0.05) is 0 Å². The van der Waals surface area contributed by atoms with Crippen LogP contribution in [0.15, 0.2) is 36.7 Å². The van der Waals surface area contributed by atoms with E-state index in [4.69, 9.17) is 0 Å². The fourth-order valence-corrected chi connectivity index (χ4v) is 3.12. The second kappa shape index (κ2) is 7.63. The van der Waals surface area contributed by atoms with Crippen LogP contribution < -0.4 is 4.74 Å². The van der Waals surface area contributed by atoms with Crippen LogP contribution in [-0.4, -0.2) is 45.8 Å². The molecular weight excluding hydrogens is 344 g/mol. The summed E-state index contributed by atoms with van der Waals surface area (Å²) in [5.74, 6) is -0.215. The Bertz CT molecular complexity index is 789. The molecule has 0 aliphatic carbocycles.